The molecule has 3 aromatic rings. The zero-order chi connectivity index (χ0) is 23.5. The molecular formula is C33H36. The second-order valence-corrected chi connectivity index (χ2v) is 8.43. The second kappa shape index (κ2) is 12.6. The fraction of sp³-hybridized carbons (Fsp3) is 0.212. The van der Waals surface area contributed by atoms with Crippen LogP contribution >= 0.6 is 0 Å². The van der Waals surface area contributed by atoms with E-state index in [9.17, 15) is 0 Å². The summed E-state index contributed by atoms with van der Waals surface area (Å²) in [4.78, 5) is 0. The van der Waals surface area contributed by atoms with Crippen LogP contribution in [-0.4, -0.2) is 0 Å². The molecule has 0 nitrogen and oxygen atoms in total. The van der Waals surface area contributed by atoms with Gasteiger partial charge in [-0.25, -0.2) is 0 Å². The molecular weight excluding hydrogens is 396 g/mol. The molecule has 0 N–H and O–H groups in total. The Morgan fingerprint density at radius 1 is 0.848 bits per heavy atom. The molecule has 1 aliphatic rings. The summed E-state index contributed by atoms with van der Waals surface area (Å²) in [6, 6.07) is 28.1. The Morgan fingerprint density at radius 2 is 1.55 bits per heavy atom. The molecule has 0 radical (unpaired) electrons. The maximum Gasteiger partial charge on any atom is -0.00737 e. The number of hydrogen-bond acceptors (Lipinski definition) is 0. The van der Waals surface area contributed by atoms with Crippen molar-refractivity contribution < 1.29 is 0 Å². The molecule has 4 rings (SSSR count). The lowest BCUT2D eigenvalue weighted by Gasteiger charge is -2.17. The van der Waals surface area contributed by atoms with Crippen molar-refractivity contribution >= 4 is 11.6 Å². The number of aryl methyl sites for hydroxylation is 2. The molecule has 0 bridgehead atoms. The van der Waals surface area contributed by atoms with Crippen LogP contribution in [0.2, 0.25) is 0 Å². The van der Waals surface area contributed by atoms with Gasteiger partial charge in [0.05, 0.1) is 0 Å². The smallest absolute Gasteiger partial charge is 0.00737 e. The minimum atomic E-state index is 1.02. The third-order valence-corrected chi connectivity index (χ3v) is 6.06. The van der Waals surface area contributed by atoms with E-state index < -0.39 is 0 Å². The van der Waals surface area contributed by atoms with Crippen LogP contribution in [0, 0.1) is 6.92 Å². The Morgan fingerprint density at radius 3 is 2.18 bits per heavy atom. The predicted molar refractivity (Wildman–Crippen MR) is 146 cm³/mol. The highest BCUT2D eigenvalue weighted by Crippen LogP contribution is 2.39. The fourth-order valence-corrected chi connectivity index (χ4v) is 4.43. The van der Waals surface area contributed by atoms with Crippen molar-refractivity contribution in [1.82, 2.24) is 0 Å². The largest absolute Gasteiger partial charge is 0.103 e. The van der Waals surface area contributed by atoms with Gasteiger partial charge in [0, 0.05) is 0 Å². The van der Waals surface area contributed by atoms with Gasteiger partial charge in [-0.05, 0) is 85.4 Å². The topological polar surface area (TPSA) is 0 Å². The molecule has 33 heavy (non-hydrogen) atoms. The fourth-order valence-electron chi connectivity index (χ4n) is 4.43. The summed E-state index contributed by atoms with van der Waals surface area (Å²) in [5.74, 6) is 0. The van der Waals surface area contributed by atoms with Crippen molar-refractivity contribution in [3.63, 3.8) is 0 Å². The molecule has 0 heteroatoms. The highest BCUT2D eigenvalue weighted by Gasteiger charge is 2.21. The highest BCUT2D eigenvalue weighted by molar-refractivity contribution is 5.87. The molecule has 0 unspecified atom stereocenters. The third-order valence-electron chi connectivity index (χ3n) is 6.06. The van der Waals surface area contributed by atoms with E-state index >= 15 is 0 Å². The molecule has 0 atom stereocenters. The molecule has 0 aliphatic heterocycles. The van der Waals surface area contributed by atoms with Gasteiger partial charge >= 0.3 is 0 Å². The first kappa shape index (κ1) is 24.3. The Bertz CT molecular complexity index is 1130. The second-order valence-electron chi connectivity index (χ2n) is 8.43. The predicted octanol–water partition coefficient (Wildman–Crippen LogP) is 9.38. The lowest BCUT2D eigenvalue weighted by molar-refractivity contribution is 0.910. The number of rotatable bonds is 5. The molecule has 0 spiro atoms. The first-order chi connectivity index (χ1) is 16.2. The lowest BCUT2D eigenvalue weighted by Crippen LogP contribution is -1.98. The van der Waals surface area contributed by atoms with E-state index in [1.807, 2.05) is 37.3 Å². The van der Waals surface area contributed by atoms with Gasteiger partial charge in [-0.1, -0.05) is 109 Å². The Labute approximate surface area is 200 Å². The summed E-state index contributed by atoms with van der Waals surface area (Å²) in [5.41, 5.74) is 11.2. The molecule has 168 valence electrons. The van der Waals surface area contributed by atoms with Crippen molar-refractivity contribution in [3.05, 3.63) is 143 Å². The Balaban J connectivity index is 0.000000286. The van der Waals surface area contributed by atoms with E-state index in [1.165, 1.54) is 44.5 Å². The van der Waals surface area contributed by atoms with E-state index in [2.05, 4.69) is 93.2 Å². The zero-order valence-corrected chi connectivity index (χ0v) is 20.4. The molecule has 0 saturated heterocycles. The van der Waals surface area contributed by atoms with Crippen LogP contribution in [-0.2, 0) is 6.42 Å². The number of hydrogen-bond donors (Lipinski definition) is 0. The summed E-state index contributed by atoms with van der Waals surface area (Å²) < 4.78 is 0. The zero-order valence-electron chi connectivity index (χ0n) is 20.4. The van der Waals surface area contributed by atoms with Crippen LogP contribution < -0.4 is 0 Å². The first-order valence-corrected chi connectivity index (χ1v) is 12.0. The van der Waals surface area contributed by atoms with Crippen LogP contribution in [0.5, 0.6) is 0 Å². The van der Waals surface area contributed by atoms with E-state index in [-0.39, 0.29) is 0 Å². The minimum Gasteiger partial charge on any atom is -0.103 e. The van der Waals surface area contributed by atoms with Gasteiger partial charge in [0.1, 0.15) is 0 Å². The van der Waals surface area contributed by atoms with Gasteiger partial charge in [-0.15, -0.1) is 6.58 Å². The minimum absolute atomic E-state index is 1.02. The first-order valence-electron chi connectivity index (χ1n) is 12.0. The monoisotopic (exact) mass is 432 g/mol. The van der Waals surface area contributed by atoms with Gasteiger partial charge in [0.15, 0.2) is 0 Å². The van der Waals surface area contributed by atoms with E-state index in [1.54, 1.807) is 0 Å². The quantitative estimate of drug-likeness (QED) is 0.352. The maximum absolute atomic E-state index is 3.93. The van der Waals surface area contributed by atoms with E-state index in [0.29, 0.717) is 0 Å². The van der Waals surface area contributed by atoms with Gasteiger partial charge in [-0.3, -0.25) is 0 Å². The highest BCUT2D eigenvalue weighted by atomic mass is 14.2. The van der Waals surface area contributed by atoms with Crippen LogP contribution in [0.1, 0.15) is 60.9 Å². The summed E-state index contributed by atoms with van der Waals surface area (Å²) in [6.07, 6.45) is 12.8. The van der Waals surface area contributed by atoms with Gasteiger partial charge < -0.3 is 0 Å². The Hall–Kier alpha value is -3.38. The number of benzene rings is 3. The molecule has 0 fully saturated rings. The molecule has 0 amide bonds. The standard InChI is InChI=1S/C24H26.C9H10/c1-4-6-12-22-19(5-2)15-16-20-14-13-18(3)17-23(20)24(22)21-10-8-7-9-11-21;1-2-6-9-7-4-3-5-8-9/h4-5,7-11,13-14,17H,1,6,12,15-16H2,2-3H3;2-8H,1H3/b19-5-;6-2+. The molecule has 1 aliphatic carbocycles. The maximum atomic E-state index is 3.93. The number of fused-ring (bicyclic) bond motifs is 1. The van der Waals surface area contributed by atoms with Crippen molar-refractivity contribution in [2.75, 3.05) is 0 Å². The molecule has 0 heterocycles. The molecule has 0 saturated carbocycles. The lowest BCUT2D eigenvalue weighted by atomic mass is 9.87. The summed E-state index contributed by atoms with van der Waals surface area (Å²) in [6.45, 7) is 10.3. The number of allylic oxidation sites excluding steroid dienone is 5. The average molecular weight is 433 g/mol. The van der Waals surface area contributed by atoms with Crippen LogP contribution in [0.3, 0.4) is 0 Å². The van der Waals surface area contributed by atoms with Crippen molar-refractivity contribution in [2.24, 2.45) is 0 Å². The van der Waals surface area contributed by atoms with Crippen LogP contribution in [0.4, 0.5) is 0 Å². The summed E-state index contributed by atoms with van der Waals surface area (Å²) >= 11 is 0. The average Bonchev–Trinajstić information content (AvgIpc) is 3.00. The molecule has 3 aromatic carbocycles. The van der Waals surface area contributed by atoms with Gasteiger partial charge in [0.2, 0.25) is 0 Å². The Kier molecular flexibility index (Phi) is 9.27. The van der Waals surface area contributed by atoms with Crippen LogP contribution in [0.25, 0.3) is 11.6 Å². The van der Waals surface area contributed by atoms with E-state index in [0.717, 1.165) is 25.7 Å². The third kappa shape index (κ3) is 6.56. The van der Waals surface area contributed by atoms with Crippen molar-refractivity contribution in [3.8, 4) is 0 Å². The normalized spacial score (nSPS) is 14.5. The summed E-state index contributed by atoms with van der Waals surface area (Å²) in [7, 11) is 0. The van der Waals surface area contributed by atoms with Crippen molar-refractivity contribution in [1.29, 1.82) is 0 Å². The van der Waals surface area contributed by atoms with Gasteiger partial charge in [-0.2, -0.15) is 0 Å². The molecule has 0 aromatic heterocycles. The van der Waals surface area contributed by atoms with Crippen LogP contribution in [0.15, 0.2) is 115 Å². The SMILES string of the molecule is C/C=C/c1ccccc1.C=CCCC1=C(c2ccccc2)c2cc(C)ccc2CC/C1=C/C. The van der Waals surface area contributed by atoms with Crippen molar-refractivity contribution in [2.45, 2.75) is 46.5 Å². The van der Waals surface area contributed by atoms with Gasteiger partial charge in [0.25, 0.3) is 0 Å². The van der Waals surface area contributed by atoms with E-state index in [4.69, 9.17) is 0 Å². The summed E-state index contributed by atoms with van der Waals surface area (Å²) in [5, 5.41) is 0.